The number of hydrogen-bond acceptors (Lipinski definition) is 1. The quantitative estimate of drug-likeness (QED) is 0.201. The number of benzene rings is 4. The third-order valence-corrected chi connectivity index (χ3v) is 17.5. The van der Waals surface area contributed by atoms with Gasteiger partial charge in [-0.1, -0.05) is 146 Å². The van der Waals surface area contributed by atoms with Gasteiger partial charge in [0, 0.05) is 0 Å². The van der Waals surface area contributed by atoms with Crippen LogP contribution in [0.2, 0.25) is 12.1 Å². The maximum absolute atomic E-state index is 14.9. The molecule has 0 radical (unpaired) electrons. The molecule has 186 valence electrons. The number of carbonyl (C=O) groups excluding carboxylic acids is 1. The van der Waals surface area contributed by atoms with Gasteiger partial charge in [-0.2, -0.15) is 0 Å². The minimum absolute atomic E-state index is 0.187. The maximum atomic E-state index is 14.9. The molecule has 0 fully saturated rings. The Morgan fingerprint density at radius 2 is 0.737 bits per heavy atom. The van der Waals surface area contributed by atoms with Crippen molar-refractivity contribution in [2.75, 3.05) is 0 Å². The predicted octanol–water partition coefficient (Wildman–Crippen LogP) is 5.40. The monoisotopic (exact) mass is 524 g/mol. The number of allylic oxidation sites excluding steroid dienone is 6. The highest BCUT2D eigenvalue weighted by molar-refractivity contribution is 7.15. The molecule has 1 nitrogen and oxygen atoms in total. The number of Topliss-reactive ketones (excluding diaryl/α,β-unsaturated/α-hetero) is 1. The van der Waals surface area contributed by atoms with Crippen LogP contribution in [-0.4, -0.2) is 21.9 Å². The van der Waals surface area contributed by atoms with Crippen LogP contribution in [0.3, 0.4) is 0 Å². The Kier molecular flexibility index (Phi) is 7.50. The lowest BCUT2D eigenvalue weighted by Crippen LogP contribution is -2.64. The van der Waals surface area contributed by atoms with Crippen LogP contribution in [0.5, 0.6) is 0 Å². The van der Waals surface area contributed by atoms with Crippen molar-refractivity contribution in [3.05, 3.63) is 169 Å². The Balaban J connectivity index is 1.73. The van der Waals surface area contributed by atoms with E-state index >= 15 is 0 Å². The fourth-order valence-electron chi connectivity index (χ4n) is 6.11. The first-order valence-electron chi connectivity index (χ1n) is 13.1. The predicted molar refractivity (Wildman–Crippen MR) is 167 cm³/mol. The van der Waals surface area contributed by atoms with E-state index in [0.29, 0.717) is 0 Å². The van der Waals surface area contributed by atoms with Crippen molar-refractivity contribution in [3.8, 4) is 0 Å². The molecule has 0 saturated heterocycles. The van der Waals surface area contributed by atoms with Gasteiger partial charge in [-0.15, -0.1) is 13.2 Å². The van der Waals surface area contributed by atoms with Crippen molar-refractivity contribution in [3.63, 3.8) is 0 Å². The fourth-order valence-corrected chi connectivity index (χ4v) is 15.2. The first-order valence-corrected chi connectivity index (χ1v) is 17.5. The van der Waals surface area contributed by atoms with Gasteiger partial charge in [0.1, 0.15) is 0 Å². The molecule has 0 aromatic heterocycles. The van der Waals surface area contributed by atoms with Gasteiger partial charge in [0.15, 0.2) is 21.9 Å². The molecule has 0 spiro atoms. The summed E-state index contributed by atoms with van der Waals surface area (Å²) in [6.07, 6.45) is 8.29. The lowest BCUT2D eigenvalue weighted by atomic mass is 10.3. The highest BCUT2D eigenvalue weighted by atomic mass is 28.3. The number of carbonyl (C=O) groups is 1. The zero-order valence-corrected chi connectivity index (χ0v) is 23.6. The molecule has 3 heteroatoms. The Morgan fingerprint density at radius 3 is 0.974 bits per heavy atom. The first-order chi connectivity index (χ1) is 18.7. The number of rotatable bonds is 10. The standard InChI is InChI=1S/C35H32OSi2/c1-3-27-37(29-17-9-5-10-18-29,30-19-11-6-12-20-30)33-25-26-34(35(33)36)38(28-4-2,31-21-13-7-14-22-31)32-23-15-8-16-24-32/h3-26H,1-2,27-28H2. The summed E-state index contributed by atoms with van der Waals surface area (Å²) < 4.78 is 0. The summed E-state index contributed by atoms with van der Waals surface area (Å²) in [6, 6.07) is 43.9. The molecular formula is C35H32OSi2. The van der Waals surface area contributed by atoms with E-state index < -0.39 is 16.1 Å². The van der Waals surface area contributed by atoms with Crippen LogP contribution < -0.4 is 20.7 Å². The van der Waals surface area contributed by atoms with E-state index in [1.165, 1.54) is 20.7 Å². The van der Waals surface area contributed by atoms with Gasteiger partial charge in [-0.25, -0.2) is 0 Å². The van der Waals surface area contributed by atoms with Gasteiger partial charge >= 0.3 is 0 Å². The van der Waals surface area contributed by atoms with Crippen molar-refractivity contribution < 1.29 is 4.79 Å². The molecule has 0 amide bonds. The Morgan fingerprint density at radius 1 is 0.474 bits per heavy atom. The second kappa shape index (κ2) is 11.1. The molecule has 0 unspecified atom stereocenters. The largest absolute Gasteiger partial charge is 0.290 e. The molecule has 5 rings (SSSR count). The van der Waals surface area contributed by atoms with Gasteiger partial charge in [-0.3, -0.25) is 4.79 Å². The molecule has 4 aromatic carbocycles. The van der Waals surface area contributed by atoms with E-state index in [1.54, 1.807) is 0 Å². The summed E-state index contributed by atoms with van der Waals surface area (Å²) in [5.74, 6) is 0.187. The molecule has 0 heterocycles. The van der Waals surface area contributed by atoms with E-state index in [2.05, 4.69) is 122 Å². The number of ketones is 1. The van der Waals surface area contributed by atoms with Crippen LogP contribution in [-0.2, 0) is 4.79 Å². The summed E-state index contributed by atoms with van der Waals surface area (Å²) in [5.41, 5.74) is 0. The van der Waals surface area contributed by atoms with Crippen LogP contribution in [0.25, 0.3) is 0 Å². The van der Waals surface area contributed by atoms with E-state index in [-0.39, 0.29) is 5.78 Å². The zero-order chi connectivity index (χ0) is 26.4. The highest BCUT2D eigenvalue weighted by Crippen LogP contribution is 2.34. The third-order valence-electron chi connectivity index (χ3n) is 7.79. The van der Waals surface area contributed by atoms with Gasteiger partial charge in [-0.05, 0) is 43.2 Å². The molecule has 0 aliphatic heterocycles. The maximum Gasteiger partial charge on any atom is 0.178 e. The second-order valence-electron chi connectivity index (χ2n) is 9.75. The van der Waals surface area contributed by atoms with E-state index in [0.717, 1.165) is 22.5 Å². The molecule has 38 heavy (non-hydrogen) atoms. The SMILES string of the molecule is C=CC[Si](C1=CC=C([Si](CC=C)(c2ccccc2)c2ccccc2)C1=O)(c1ccccc1)c1ccccc1. The van der Waals surface area contributed by atoms with E-state index in [9.17, 15) is 4.79 Å². The molecule has 0 atom stereocenters. The Bertz CT molecular complexity index is 1290. The van der Waals surface area contributed by atoms with Crippen molar-refractivity contribution in [1.29, 1.82) is 0 Å². The van der Waals surface area contributed by atoms with Gasteiger partial charge in [0.05, 0.1) is 0 Å². The summed E-state index contributed by atoms with van der Waals surface area (Å²) in [6.45, 7) is 8.32. The van der Waals surface area contributed by atoms with Crippen LogP contribution in [0.4, 0.5) is 0 Å². The topological polar surface area (TPSA) is 17.1 Å². The third kappa shape index (κ3) is 4.24. The number of hydrogen-bond donors (Lipinski definition) is 0. The summed E-state index contributed by atoms with van der Waals surface area (Å²) in [7, 11) is -5.37. The molecule has 1 aliphatic rings. The lowest BCUT2D eigenvalue weighted by molar-refractivity contribution is -0.111. The van der Waals surface area contributed by atoms with Crippen molar-refractivity contribution in [1.82, 2.24) is 0 Å². The van der Waals surface area contributed by atoms with E-state index in [4.69, 9.17) is 0 Å². The minimum Gasteiger partial charge on any atom is -0.290 e. The van der Waals surface area contributed by atoms with Crippen LogP contribution in [0, 0.1) is 0 Å². The zero-order valence-electron chi connectivity index (χ0n) is 21.6. The highest BCUT2D eigenvalue weighted by Gasteiger charge is 2.50. The van der Waals surface area contributed by atoms with Gasteiger partial charge in [0.25, 0.3) is 0 Å². The molecule has 0 bridgehead atoms. The summed E-state index contributed by atoms with van der Waals surface area (Å²) in [4.78, 5) is 14.9. The molecular weight excluding hydrogens is 493 g/mol. The molecule has 4 aromatic rings. The minimum atomic E-state index is -2.69. The Labute approximate surface area is 228 Å². The average molecular weight is 525 g/mol. The summed E-state index contributed by atoms with van der Waals surface area (Å²) in [5, 5.41) is 6.81. The van der Waals surface area contributed by atoms with Crippen molar-refractivity contribution in [2.24, 2.45) is 0 Å². The second-order valence-corrected chi connectivity index (χ2v) is 17.6. The van der Waals surface area contributed by atoms with Crippen LogP contribution in [0.15, 0.2) is 169 Å². The van der Waals surface area contributed by atoms with Crippen molar-refractivity contribution in [2.45, 2.75) is 12.1 Å². The van der Waals surface area contributed by atoms with Crippen LogP contribution in [0.1, 0.15) is 0 Å². The smallest absolute Gasteiger partial charge is 0.178 e. The van der Waals surface area contributed by atoms with Crippen molar-refractivity contribution >= 4 is 42.7 Å². The Hall–Kier alpha value is -4.06. The lowest BCUT2D eigenvalue weighted by Gasteiger charge is -2.36. The van der Waals surface area contributed by atoms with Gasteiger partial charge in [0.2, 0.25) is 0 Å². The normalized spacial score (nSPS) is 13.5. The molecule has 0 saturated carbocycles. The summed E-state index contributed by atoms with van der Waals surface area (Å²) >= 11 is 0. The van der Waals surface area contributed by atoms with E-state index in [1.807, 2.05) is 36.4 Å². The average Bonchev–Trinajstić information content (AvgIpc) is 3.38. The van der Waals surface area contributed by atoms with Crippen LogP contribution >= 0.6 is 0 Å². The van der Waals surface area contributed by atoms with Gasteiger partial charge < -0.3 is 0 Å². The first kappa shape index (κ1) is 25.6. The molecule has 1 aliphatic carbocycles. The fraction of sp³-hybridized carbons (Fsp3) is 0.0571. The molecule has 0 N–H and O–H groups in total.